The van der Waals surface area contributed by atoms with Crippen LogP contribution in [0.3, 0.4) is 0 Å². The van der Waals surface area contributed by atoms with Crippen molar-refractivity contribution in [1.29, 1.82) is 0 Å². The van der Waals surface area contributed by atoms with E-state index in [-0.39, 0.29) is 0 Å². The lowest BCUT2D eigenvalue weighted by Crippen LogP contribution is -2.04. The molecule has 0 aliphatic rings. The third-order valence-electron chi connectivity index (χ3n) is 2.18. The van der Waals surface area contributed by atoms with Crippen molar-refractivity contribution < 1.29 is 0 Å². The highest BCUT2D eigenvalue weighted by Gasteiger charge is 2.08. The van der Waals surface area contributed by atoms with Crippen LogP contribution in [0.2, 0.25) is 0 Å². The van der Waals surface area contributed by atoms with Crippen molar-refractivity contribution >= 4 is 0 Å². The van der Waals surface area contributed by atoms with E-state index >= 15 is 0 Å². The third-order valence-corrected chi connectivity index (χ3v) is 2.18. The van der Waals surface area contributed by atoms with E-state index in [9.17, 15) is 0 Å². The predicted molar refractivity (Wildman–Crippen MR) is 46.8 cm³/mol. The summed E-state index contributed by atoms with van der Waals surface area (Å²) >= 11 is 0. The fraction of sp³-hybridized carbons (Fsp3) is 0.667. The molecular formula is C9H16N2. The molecule has 2 heteroatoms. The van der Waals surface area contributed by atoms with Gasteiger partial charge in [0.15, 0.2) is 0 Å². The molecule has 0 N–H and O–H groups in total. The number of nitrogens with zero attached hydrogens (tertiary/aromatic N) is 2. The van der Waals surface area contributed by atoms with E-state index in [0.717, 1.165) is 5.69 Å². The van der Waals surface area contributed by atoms with Crippen molar-refractivity contribution in [2.75, 3.05) is 0 Å². The molecule has 0 unspecified atom stereocenters. The van der Waals surface area contributed by atoms with Crippen molar-refractivity contribution in [3.8, 4) is 0 Å². The quantitative estimate of drug-likeness (QED) is 0.604. The molecule has 0 spiro atoms. The molecule has 0 saturated carbocycles. The van der Waals surface area contributed by atoms with E-state index in [4.69, 9.17) is 0 Å². The zero-order valence-electron chi connectivity index (χ0n) is 7.97. The molecule has 0 aliphatic heterocycles. The van der Waals surface area contributed by atoms with Gasteiger partial charge in [0.05, 0.1) is 5.69 Å². The molecule has 0 radical (unpaired) electrons. The molecule has 62 valence electrons. The lowest BCUT2D eigenvalue weighted by molar-refractivity contribution is 0.516. The Balaban J connectivity index is 3.19. The second kappa shape index (κ2) is 2.68. The minimum atomic E-state index is 0.474. The predicted octanol–water partition coefficient (Wildman–Crippen LogP) is 2.39. The molecule has 2 nitrogen and oxygen atoms in total. The fourth-order valence-electron chi connectivity index (χ4n) is 1.25. The Labute approximate surface area is 68.2 Å². The summed E-state index contributed by atoms with van der Waals surface area (Å²) in [4.78, 5) is 0. The maximum absolute atomic E-state index is 4.43. The van der Waals surface area contributed by atoms with E-state index in [1.54, 1.807) is 0 Å². The Kier molecular flexibility index (Phi) is 2.03. The molecule has 0 fully saturated rings. The lowest BCUT2D eigenvalue weighted by Gasteiger charge is -2.07. The molecule has 1 aromatic rings. The summed E-state index contributed by atoms with van der Waals surface area (Å²) in [5, 5.41) is 4.43. The van der Waals surface area contributed by atoms with Gasteiger partial charge in [-0.1, -0.05) is 0 Å². The minimum absolute atomic E-state index is 0.474. The van der Waals surface area contributed by atoms with Gasteiger partial charge in [0.1, 0.15) is 0 Å². The first kappa shape index (κ1) is 8.31. The van der Waals surface area contributed by atoms with Crippen LogP contribution in [-0.4, -0.2) is 9.78 Å². The summed E-state index contributed by atoms with van der Waals surface area (Å²) in [6.07, 6.45) is 0. The topological polar surface area (TPSA) is 17.8 Å². The van der Waals surface area contributed by atoms with E-state index < -0.39 is 0 Å². The van der Waals surface area contributed by atoms with Gasteiger partial charge in [-0.3, -0.25) is 4.68 Å². The minimum Gasteiger partial charge on any atom is -0.267 e. The van der Waals surface area contributed by atoms with E-state index in [1.807, 2.05) is 0 Å². The third kappa shape index (κ3) is 1.30. The highest BCUT2D eigenvalue weighted by atomic mass is 15.3. The van der Waals surface area contributed by atoms with Gasteiger partial charge in [0.2, 0.25) is 0 Å². The summed E-state index contributed by atoms with van der Waals surface area (Å²) in [5.41, 5.74) is 3.76. The maximum Gasteiger partial charge on any atom is 0.0625 e. The number of aryl methyl sites for hydroxylation is 1. The van der Waals surface area contributed by atoms with Gasteiger partial charge >= 0.3 is 0 Å². The zero-order chi connectivity index (χ0) is 8.59. The van der Waals surface area contributed by atoms with Gasteiger partial charge in [-0.25, -0.2) is 0 Å². The molecule has 0 amide bonds. The van der Waals surface area contributed by atoms with Crippen molar-refractivity contribution in [2.24, 2.45) is 0 Å². The van der Waals surface area contributed by atoms with Crippen molar-refractivity contribution in [2.45, 2.75) is 40.7 Å². The van der Waals surface area contributed by atoms with E-state index in [1.165, 1.54) is 11.3 Å². The molecule has 0 saturated heterocycles. The van der Waals surface area contributed by atoms with Crippen LogP contribution in [0.25, 0.3) is 0 Å². The fourth-order valence-corrected chi connectivity index (χ4v) is 1.25. The molecule has 0 bridgehead atoms. The number of rotatable bonds is 1. The van der Waals surface area contributed by atoms with Crippen LogP contribution in [0.15, 0.2) is 0 Å². The summed E-state index contributed by atoms with van der Waals surface area (Å²) in [6, 6.07) is 0.474. The van der Waals surface area contributed by atoms with Crippen molar-refractivity contribution in [3.63, 3.8) is 0 Å². The molecule has 0 aliphatic carbocycles. The molecular weight excluding hydrogens is 136 g/mol. The van der Waals surface area contributed by atoms with E-state index in [2.05, 4.69) is 44.4 Å². The summed E-state index contributed by atoms with van der Waals surface area (Å²) in [6.45, 7) is 10.6. The molecule has 1 heterocycles. The van der Waals surface area contributed by atoms with Gasteiger partial charge in [-0.15, -0.1) is 0 Å². The molecule has 1 rings (SSSR count). The number of hydrogen-bond acceptors (Lipinski definition) is 1. The van der Waals surface area contributed by atoms with E-state index in [0.29, 0.717) is 6.04 Å². The van der Waals surface area contributed by atoms with Gasteiger partial charge in [-0.05, 0) is 40.2 Å². The highest BCUT2D eigenvalue weighted by molar-refractivity contribution is 5.22. The Morgan fingerprint density at radius 2 is 1.73 bits per heavy atom. The van der Waals surface area contributed by atoms with Crippen LogP contribution in [-0.2, 0) is 0 Å². The average Bonchev–Trinajstić information content (AvgIpc) is 2.17. The van der Waals surface area contributed by atoms with Crippen LogP contribution in [0.1, 0.15) is 36.8 Å². The van der Waals surface area contributed by atoms with Crippen molar-refractivity contribution in [1.82, 2.24) is 9.78 Å². The standard InChI is InChI=1S/C9H16N2/c1-6(2)11-9(5)7(3)8(4)10-11/h6H,1-5H3. The largest absolute Gasteiger partial charge is 0.267 e. The Hall–Kier alpha value is -0.790. The average molecular weight is 152 g/mol. The van der Waals surface area contributed by atoms with Crippen LogP contribution in [0.5, 0.6) is 0 Å². The second-order valence-corrected chi connectivity index (χ2v) is 3.33. The van der Waals surface area contributed by atoms with Crippen LogP contribution < -0.4 is 0 Å². The highest BCUT2D eigenvalue weighted by Crippen LogP contribution is 2.14. The molecule has 1 aromatic heterocycles. The maximum atomic E-state index is 4.43. The van der Waals surface area contributed by atoms with Gasteiger partial charge in [0.25, 0.3) is 0 Å². The van der Waals surface area contributed by atoms with Crippen molar-refractivity contribution in [3.05, 3.63) is 17.0 Å². The molecule has 0 atom stereocenters. The first-order chi connectivity index (χ1) is 5.04. The van der Waals surface area contributed by atoms with Gasteiger partial charge in [-0.2, -0.15) is 5.10 Å². The molecule has 11 heavy (non-hydrogen) atoms. The number of hydrogen-bond donors (Lipinski definition) is 0. The van der Waals surface area contributed by atoms with Gasteiger partial charge in [0, 0.05) is 11.7 Å². The Morgan fingerprint density at radius 3 is 1.91 bits per heavy atom. The SMILES string of the molecule is Cc1nn(C(C)C)c(C)c1C. The van der Waals surface area contributed by atoms with Crippen LogP contribution in [0.4, 0.5) is 0 Å². The lowest BCUT2D eigenvalue weighted by atomic mass is 10.2. The normalized spacial score (nSPS) is 11.1. The summed E-state index contributed by atoms with van der Waals surface area (Å²) in [5.74, 6) is 0. The van der Waals surface area contributed by atoms with Crippen LogP contribution in [0, 0.1) is 20.8 Å². The Morgan fingerprint density at radius 1 is 1.18 bits per heavy atom. The first-order valence-corrected chi connectivity index (χ1v) is 4.06. The Bertz CT molecular complexity index is 259. The smallest absolute Gasteiger partial charge is 0.0625 e. The van der Waals surface area contributed by atoms with Crippen LogP contribution >= 0.6 is 0 Å². The monoisotopic (exact) mass is 152 g/mol. The summed E-state index contributed by atoms with van der Waals surface area (Å²) in [7, 11) is 0. The summed E-state index contributed by atoms with van der Waals surface area (Å²) < 4.78 is 2.07. The first-order valence-electron chi connectivity index (χ1n) is 4.06. The van der Waals surface area contributed by atoms with Gasteiger partial charge < -0.3 is 0 Å². The zero-order valence-corrected chi connectivity index (χ0v) is 7.97. The molecule has 0 aromatic carbocycles. The second-order valence-electron chi connectivity index (χ2n) is 3.33. The number of aromatic nitrogens is 2.